The van der Waals surface area contributed by atoms with Crippen LogP contribution in [0.3, 0.4) is 0 Å². The van der Waals surface area contributed by atoms with Gasteiger partial charge in [-0.3, -0.25) is 74.3 Å². The lowest BCUT2D eigenvalue weighted by Gasteiger charge is -2.37. The monoisotopic (exact) mass is 1670 g/mol. The fraction of sp³-hybridized carbons (Fsp3) is 0.817. The third-order valence-electron chi connectivity index (χ3n) is 25.7. The summed E-state index contributed by atoms with van der Waals surface area (Å²) in [5.74, 6) is -9.91. The Kier molecular flexibility index (Phi) is 25.7. The number of esters is 7. The number of fused-ring (bicyclic) bond motifs is 4. The molecule has 12 aliphatic rings. The van der Waals surface area contributed by atoms with Crippen LogP contribution >= 0.6 is 0 Å². The van der Waals surface area contributed by atoms with Gasteiger partial charge < -0.3 is 59.2 Å². The van der Waals surface area contributed by atoms with Crippen molar-refractivity contribution >= 4 is 112 Å². The highest BCUT2D eigenvalue weighted by molar-refractivity contribution is 7.89. The number of nitrogens with zero attached hydrogens (tertiary/aromatic N) is 1. The summed E-state index contributed by atoms with van der Waals surface area (Å²) >= 11 is 0. The van der Waals surface area contributed by atoms with Gasteiger partial charge in [-0.15, -0.1) is 0 Å². The lowest BCUT2D eigenvalue weighted by molar-refractivity contribution is -0.168. The normalized spacial score (nSPS) is 35.4. The van der Waals surface area contributed by atoms with Crippen LogP contribution in [-0.4, -0.2) is 228 Å². The molecule has 628 valence electrons. The number of hydrogen-bond acceptors (Lipinski definition) is 33. The van der Waals surface area contributed by atoms with Gasteiger partial charge in [-0.05, 0) is 70.6 Å². The summed E-state index contributed by atoms with van der Waals surface area (Å²) in [7, 11) is -13.5. The molecule has 4 aliphatic heterocycles. The van der Waals surface area contributed by atoms with E-state index in [9.17, 15) is 96.5 Å². The minimum Gasteiger partial charge on any atom is -0.469 e. The quantitative estimate of drug-likeness (QED) is 0.0278. The van der Waals surface area contributed by atoms with Gasteiger partial charge in [0.2, 0.25) is 23.6 Å². The molecule has 12 rings (SSSR count). The van der Waals surface area contributed by atoms with Crippen LogP contribution in [0.4, 0.5) is 0 Å². The zero-order chi connectivity index (χ0) is 83.6. The van der Waals surface area contributed by atoms with Crippen LogP contribution in [0.2, 0.25) is 0 Å². The maximum absolute atomic E-state index is 12.8. The maximum Gasteiger partial charge on any atom is 0.330 e. The minimum atomic E-state index is -4.16. The van der Waals surface area contributed by atoms with Crippen LogP contribution in [0.15, 0.2) is 0 Å². The second kappa shape index (κ2) is 32.5. The first kappa shape index (κ1) is 88.7. The molecule has 4 heterocycles. The number of amides is 4. The molecule has 22 unspecified atom stereocenters. The molecule has 12 fully saturated rings. The molecular formula is C71H103N5O32S4. The zero-order valence-electron chi connectivity index (χ0n) is 65.2. The van der Waals surface area contributed by atoms with Crippen molar-refractivity contribution in [1.29, 1.82) is 5.26 Å². The van der Waals surface area contributed by atoms with Gasteiger partial charge in [-0.1, -0.05) is 83.1 Å². The Labute approximate surface area is 650 Å². The standard InChI is InChI=1S/C21H31NO10S.2C17H25NO8S.C16H22N2O6S/c1-5-19(3,4)18(26)22-9-15(25)31-16-17-21(6-7-29-12-23)10-20(16,11-30-13(2)24)8-14(21)33(27,28)32-17;1-5-16(2,3)14(20)18-8-11(19)25-12-9-6-10-13(12)26-27(22,23)17(10,7-9)15(21)24-4;1-5-17(2,3)16(21)18-7-10(19)25-12-8-6-9-13(12)26-27(22,23)14(9)11(8)15(20)24-4;1-4-16(2,3)15(20)18-7-11(19)23-12-8-5-9-13(12)24-25(21,22)14(9)10(8)6-17/h12,14,16-17H,5-11H2,1-4H3,(H,22,26);9-10,12-13H,5-8H2,1-4H3,(H,18,20);8-9,11-14H,5-7H2,1-4H3,(H,18,21);8-10,12-14H,4-5,7H2,1-3H3,(H,18,20). The summed E-state index contributed by atoms with van der Waals surface area (Å²) < 4.78 is 160. The molecule has 4 saturated heterocycles. The molecule has 4 N–H and O–H groups in total. The third-order valence-corrected chi connectivity index (χ3v) is 33.1. The van der Waals surface area contributed by atoms with Gasteiger partial charge in [-0.2, -0.15) is 38.9 Å². The predicted octanol–water partition coefficient (Wildman–Crippen LogP) is 0.909. The maximum atomic E-state index is 12.8. The number of ether oxygens (including phenoxy) is 8. The van der Waals surface area contributed by atoms with Crippen LogP contribution in [0.25, 0.3) is 0 Å². The molecule has 4 amide bonds. The van der Waals surface area contributed by atoms with Crippen molar-refractivity contribution in [2.45, 2.75) is 230 Å². The Balaban J connectivity index is 0.000000172. The van der Waals surface area contributed by atoms with E-state index in [2.05, 4.69) is 21.3 Å². The topological polar surface area (TPSA) is 524 Å². The lowest BCUT2D eigenvalue weighted by Crippen LogP contribution is -2.51. The van der Waals surface area contributed by atoms with E-state index in [1.54, 1.807) is 55.4 Å². The molecule has 41 heteroatoms. The van der Waals surface area contributed by atoms with Crippen LogP contribution in [-0.2, 0) is 153 Å². The summed E-state index contributed by atoms with van der Waals surface area (Å²) in [6, 6.07) is 2.04. The highest BCUT2D eigenvalue weighted by Crippen LogP contribution is 2.71. The molecule has 0 spiro atoms. The SMILES string of the molecule is CCC(C)(C)C(=O)NCC(=O)OC1C2CC3C1OS(=O)(=O)C3(C(=O)OC)C2.CCC(C)(C)C(=O)NCC(=O)OC1C2CC3C1OS(=O)(=O)C3C2C#N.CCC(C)(C)C(=O)NCC(=O)OC1C2CC3C1OS(=O)(=O)C3C2C(=O)OC.CCC(C)(C)C(=O)NCC(=O)OC1C2OS(=O)(=O)C3CC1(COC(C)=O)CC23CCOC=O. The van der Waals surface area contributed by atoms with Gasteiger partial charge in [0, 0.05) is 74.9 Å². The van der Waals surface area contributed by atoms with Crippen molar-refractivity contribution in [3.05, 3.63) is 0 Å². The highest BCUT2D eigenvalue weighted by atomic mass is 32.2. The molecule has 0 aromatic carbocycles. The van der Waals surface area contributed by atoms with E-state index in [1.165, 1.54) is 14.0 Å². The summed E-state index contributed by atoms with van der Waals surface area (Å²) in [6.07, 6.45) is -2.47. The van der Waals surface area contributed by atoms with E-state index < -0.39 is 220 Å². The molecule has 8 bridgehead atoms. The summed E-state index contributed by atoms with van der Waals surface area (Å²) in [4.78, 5) is 144. The van der Waals surface area contributed by atoms with Crippen molar-refractivity contribution in [2.24, 2.45) is 79.8 Å². The van der Waals surface area contributed by atoms with Crippen molar-refractivity contribution in [2.75, 3.05) is 53.6 Å². The van der Waals surface area contributed by atoms with Gasteiger partial charge in [0.15, 0.2) is 4.75 Å². The summed E-state index contributed by atoms with van der Waals surface area (Å²) in [5, 5.41) is 16.8. The van der Waals surface area contributed by atoms with Crippen molar-refractivity contribution in [3.63, 3.8) is 0 Å². The summed E-state index contributed by atoms with van der Waals surface area (Å²) in [5.41, 5.74) is -4.38. The van der Waals surface area contributed by atoms with E-state index in [4.69, 9.17) is 54.6 Å². The van der Waals surface area contributed by atoms with E-state index in [0.29, 0.717) is 44.9 Å². The first-order chi connectivity index (χ1) is 52.0. The Bertz CT molecular complexity index is 4280. The van der Waals surface area contributed by atoms with Gasteiger partial charge in [0.25, 0.3) is 46.9 Å². The van der Waals surface area contributed by atoms with Crippen LogP contribution in [0.1, 0.15) is 161 Å². The first-order valence-corrected chi connectivity index (χ1v) is 43.2. The number of carbonyl (C=O) groups excluding carboxylic acids is 12. The van der Waals surface area contributed by atoms with Crippen LogP contribution < -0.4 is 21.3 Å². The second-order valence-corrected chi connectivity index (χ2v) is 40.5. The second-order valence-electron chi connectivity index (χ2n) is 33.5. The smallest absolute Gasteiger partial charge is 0.330 e. The van der Waals surface area contributed by atoms with Gasteiger partial charge in [0.1, 0.15) is 92.1 Å². The molecule has 37 nitrogen and oxygen atoms in total. The molecule has 0 aromatic heterocycles. The Morgan fingerprint density at radius 1 is 0.545 bits per heavy atom. The number of nitrogens with one attached hydrogen (secondary N) is 4. The van der Waals surface area contributed by atoms with Crippen LogP contribution in [0.5, 0.6) is 0 Å². The molecule has 0 aromatic rings. The zero-order valence-corrected chi connectivity index (χ0v) is 68.5. The Morgan fingerprint density at radius 3 is 1.44 bits per heavy atom. The molecule has 8 aliphatic carbocycles. The highest BCUT2D eigenvalue weighted by Gasteiger charge is 2.81. The number of methoxy groups -OCH3 is 2. The third kappa shape index (κ3) is 16.3. The molecule has 22 atom stereocenters. The number of rotatable bonds is 28. The van der Waals surface area contributed by atoms with Gasteiger partial charge in [0.05, 0.1) is 44.0 Å². The average Bonchev–Trinajstić information content (AvgIpc) is 1.50. The Morgan fingerprint density at radius 2 is 0.991 bits per heavy atom. The van der Waals surface area contributed by atoms with E-state index >= 15 is 0 Å². The van der Waals surface area contributed by atoms with E-state index in [1.807, 2.05) is 33.8 Å². The van der Waals surface area contributed by atoms with Crippen LogP contribution in [0, 0.1) is 91.2 Å². The largest absolute Gasteiger partial charge is 0.469 e. The van der Waals surface area contributed by atoms with Crippen molar-refractivity contribution in [3.8, 4) is 6.07 Å². The number of carbonyl (C=O) groups is 12. The Hall–Kier alpha value is -7.23. The fourth-order valence-electron chi connectivity index (χ4n) is 18.1. The fourth-order valence-corrected chi connectivity index (χ4v) is 26.3. The van der Waals surface area contributed by atoms with Gasteiger partial charge in [-0.25, -0.2) is 0 Å². The van der Waals surface area contributed by atoms with E-state index in [-0.39, 0.29) is 106 Å². The van der Waals surface area contributed by atoms with Crippen molar-refractivity contribution < 1.29 is 146 Å². The average molecular weight is 1670 g/mol. The molecular weight excluding hydrogens is 1560 g/mol. The molecule has 8 saturated carbocycles. The molecule has 0 radical (unpaired) electrons. The predicted molar refractivity (Wildman–Crippen MR) is 381 cm³/mol. The van der Waals surface area contributed by atoms with Gasteiger partial charge >= 0.3 is 41.8 Å². The summed E-state index contributed by atoms with van der Waals surface area (Å²) in [6.45, 7) is 21.6. The minimum absolute atomic E-state index is 0.0103. The number of nitriles is 1. The molecule has 112 heavy (non-hydrogen) atoms. The van der Waals surface area contributed by atoms with E-state index in [0.717, 1.165) is 7.11 Å². The number of hydrogen-bond donors (Lipinski definition) is 4. The first-order valence-electron chi connectivity index (χ1n) is 37.3. The van der Waals surface area contributed by atoms with Crippen molar-refractivity contribution in [1.82, 2.24) is 21.3 Å². The lowest BCUT2D eigenvalue weighted by atomic mass is 9.76.